The normalized spacial score (nSPS) is 11.0. The average molecular weight is 365 g/mol. The molecule has 0 amide bonds. The van der Waals surface area contributed by atoms with Crippen molar-refractivity contribution in [2.75, 3.05) is 0 Å². The smallest absolute Gasteiger partial charge is 0.206 e. The molecular weight excluding hydrogens is 340 g/mol. The van der Waals surface area contributed by atoms with Gasteiger partial charge in [-0.2, -0.15) is 0 Å². The number of allylic oxidation sites excluding steroid dienone is 1. The van der Waals surface area contributed by atoms with Crippen molar-refractivity contribution in [3.63, 3.8) is 0 Å². The van der Waals surface area contributed by atoms with Crippen LogP contribution in [-0.4, -0.2) is 8.42 Å². The fourth-order valence-electron chi connectivity index (χ4n) is 2.33. The number of aryl methyl sites for hydroxylation is 2. The van der Waals surface area contributed by atoms with Crippen molar-refractivity contribution >= 4 is 15.9 Å². The van der Waals surface area contributed by atoms with Crippen LogP contribution in [0.2, 0.25) is 0 Å². The SMILES string of the molecule is C/C=C/c1ccccc1.Cc1ccc(S(=O)(=O)c2ccc(C)cc2)cc1. The summed E-state index contributed by atoms with van der Waals surface area (Å²) in [6, 6.07) is 24.1. The predicted molar refractivity (Wildman–Crippen MR) is 109 cm³/mol. The largest absolute Gasteiger partial charge is 0.219 e. The van der Waals surface area contributed by atoms with Gasteiger partial charge in [0.05, 0.1) is 9.79 Å². The molecule has 0 N–H and O–H groups in total. The zero-order valence-electron chi connectivity index (χ0n) is 15.4. The van der Waals surface area contributed by atoms with Crippen LogP contribution in [0.3, 0.4) is 0 Å². The number of rotatable bonds is 3. The maximum atomic E-state index is 12.3. The molecule has 26 heavy (non-hydrogen) atoms. The molecule has 0 aliphatic heterocycles. The molecule has 0 atom stereocenters. The van der Waals surface area contributed by atoms with Gasteiger partial charge in [0, 0.05) is 0 Å². The van der Waals surface area contributed by atoms with Crippen molar-refractivity contribution in [2.45, 2.75) is 30.6 Å². The number of sulfone groups is 1. The second-order valence-electron chi connectivity index (χ2n) is 6.04. The Hall–Kier alpha value is -2.65. The topological polar surface area (TPSA) is 34.1 Å². The van der Waals surface area contributed by atoms with Crippen molar-refractivity contribution in [1.82, 2.24) is 0 Å². The molecule has 3 aromatic rings. The summed E-state index contributed by atoms with van der Waals surface area (Å²) in [6.45, 7) is 5.89. The molecule has 3 rings (SSSR count). The van der Waals surface area contributed by atoms with Crippen molar-refractivity contribution in [3.05, 3.63) is 102 Å². The van der Waals surface area contributed by atoms with Gasteiger partial charge in [-0.15, -0.1) is 0 Å². The van der Waals surface area contributed by atoms with Gasteiger partial charge in [0.15, 0.2) is 0 Å². The Morgan fingerprint density at radius 3 is 1.46 bits per heavy atom. The third kappa shape index (κ3) is 5.43. The lowest BCUT2D eigenvalue weighted by Gasteiger charge is -2.05. The standard InChI is InChI=1S/C14H14O2S.C9H10/c1-11-3-7-13(8-4-11)17(15,16)14-9-5-12(2)6-10-14;1-2-6-9-7-4-3-5-8-9/h3-10H,1-2H3;2-8H,1H3/b;6-2+. The molecule has 0 saturated heterocycles. The van der Waals surface area contributed by atoms with Gasteiger partial charge >= 0.3 is 0 Å². The summed E-state index contributed by atoms with van der Waals surface area (Å²) < 4.78 is 24.5. The summed E-state index contributed by atoms with van der Waals surface area (Å²) in [5.74, 6) is 0. The van der Waals surface area contributed by atoms with E-state index in [9.17, 15) is 8.42 Å². The van der Waals surface area contributed by atoms with Gasteiger partial charge < -0.3 is 0 Å². The van der Waals surface area contributed by atoms with E-state index in [0.29, 0.717) is 9.79 Å². The summed E-state index contributed by atoms with van der Waals surface area (Å²) in [6.07, 6.45) is 4.12. The Balaban J connectivity index is 0.000000228. The van der Waals surface area contributed by atoms with E-state index in [4.69, 9.17) is 0 Å². The number of benzene rings is 3. The number of hydrogen-bond acceptors (Lipinski definition) is 2. The van der Waals surface area contributed by atoms with Gasteiger partial charge in [0.25, 0.3) is 0 Å². The van der Waals surface area contributed by atoms with E-state index >= 15 is 0 Å². The molecule has 0 fully saturated rings. The first-order valence-electron chi connectivity index (χ1n) is 8.49. The Bertz CT molecular complexity index is 886. The van der Waals surface area contributed by atoms with Gasteiger partial charge in [-0.1, -0.05) is 77.9 Å². The summed E-state index contributed by atoms with van der Waals surface area (Å²) >= 11 is 0. The van der Waals surface area contributed by atoms with Crippen molar-refractivity contribution in [3.8, 4) is 0 Å². The van der Waals surface area contributed by atoms with E-state index < -0.39 is 9.84 Å². The van der Waals surface area contributed by atoms with Gasteiger partial charge in [-0.05, 0) is 50.6 Å². The highest BCUT2D eigenvalue weighted by Gasteiger charge is 2.16. The maximum Gasteiger partial charge on any atom is 0.206 e. The van der Waals surface area contributed by atoms with E-state index in [1.54, 1.807) is 48.5 Å². The molecule has 0 radical (unpaired) electrons. The Morgan fingerprint density at radius 1 is 0.654 bits per heavy atom. The maximum absolute atomic E-state index is 12.3. The first-order chi connectivity index (χ1) is 12.4. The van der Waals surface area contributed by atoms with E-state index in [1.807, 2.05) is 45.0 Å². The highest BCUT2D eigenvalue weighted by atomic mass is 32.2. The number of hydrogen-bond donors (Lipinski definition) is 0. The van der Waals surface area contributed by atoms with Crippen LogP contribution in [0.15, 0.2) is 94.7 Å². The van der Waals surface area contributed by atoms with Gasteiger partial charge in [0.2, 0.25) is 9.84 Å². The molecule has 2 nitrogen and oxygen atoms in total. The van der Waals surface area contributed by atoms with Crippen molar-refractivity contribution in [2.24, 2.45) is 0 Å². The molecular formula is C23H24O2S. The van der Waals surface area contributed by atoms with E-state index in [1.165, 1.54) is 5.56 Å². The van der Waals surface area contributed by atoms with Crippen LogP contribution >= 0.6 is 0 Å². The lowest BCUT2D eigenvalue weighted by Crippen LogP contribution is -2.01. The molecule has 0 bridgehead atoms. The van der Waals surface area contributed by atoms with Gasteiger partial charge in [0.1, 0.15) is 0 Å². The Labute approximate surface area is 156 Å². The zero-order valence-corrected chi connectivity index (χ0v) is 16.2. The molecule has 3 heteroatoms. The summed E-state index contributed by atoms with van der Waals surface area (Å²) in [5, 5.41) is 0. The minimum atomic E-state index is -3.37. The first-order valence-corrected chi connectivity index (χ1v) is 9.98. The van der Waals surface area contributed by atoms with E-state index in [2.05, 4.69) is 18.2 Å². The summed E-state index contributed by atoms with van der Waals surface area (Å²) in [4.78, 5) is 0.680. The van der Waals surface area contributed by atoms with Crippen LogP contribution in [0.1, 0.15) is 23.6 Å². The molecule has 0 aliphatic rings. The average Bonchev–Trinajstić information content (AvgIpc) is 2.64. The van der Waals surface area contributed by atoms with Crippen LogP contribution in [0.5, 0.6) is 0 Å². The van der Waals surface area contributed by atoms with Gasteiger partial charge in [-0.3, -0.25) is 0 Å². The third-order valence-corrected chi connectivity index (χ3v) is 5.61. The van der Waals surface area contributed by atoms with Crippen molar-refractivity contribution in [1.29, 1.82) is 0 Å². The van der Waals surface area contributed by atoms with Crippen LogP contribution in [0.25, 0.3) is 6.08 Å². The fraction of sp³-hybridized carbons (Fsp3) is 0.130. The van der Waals surface area contributed by atoms with E-state index in [0.717, 1.165) is 11.1 Å². The summed E-state index contributed by atoms with van der Waals surface area (Å²) in [7, 11) is -3.37. The van der Waals surface area contributed by atoms with Crippen LogP contribution in [0.4, 0.5) is 0 Å². The first kappa shape index (κ1) is 19.7. The minimum Gasteiger partial charge on any atom is -0.219 e. The lowest BCUT2D eigenvalue weighted by molar-refractivity contribution is 0.596. The third-order valence-electron chi connectivity index (χ3n) is 3.82. The highest BCUT2D eigenvalue weighted by Crippen LogP contribution is 2.21. The van der Waals surface area contributed by atoms with Crippen LogP contribution in [0, 0.1) is 13.8 Å². The molecule has 3 aromatic carbocycles. The second-order valence-corrected chi connectivity index (χ2v) is 7.99. The second kappa shape index (κ2) is 9.16. The molecule has 0 unspecified atom stereocenters. The molecule has 0 saturated carbocycles. The molecule has 0 heterocycles. The molecule has 0 spiro atoms. The molecule has 134 valence electrons. The van der Waals surface area contributed by atoms with Crippen molar-refractivity contribution < 1.29 is 8.42 Å². The molecule has 0 aromatic heterocycles. The van der Waals surface area contributed by atoms with Gasteiger partial charge in [-0.25, -0.2) is 8.42 Å². The summed E-state index contributed by atoms with van der Waals surface area (Å²) in [5.41, 5.74) is 3.36. The highest BCUT2D eigenvalue weighted by molar-refractivity contribution is 7.91. The zero-order chi connectivity index (χ0) is 19.0. The Morgan fingerprint density at radius 2 is 1.08 bits per heavy atom. The van der Waals surface area contributed by atoms with Crippen LogP contribution in [-0.2, 0) is 9.84 Å². The molecule has 0 aliphatic carbocycles. The van der Waals surface area contributed by atoms with E-state index in [-0.39, 0.29) is 0 Å². The fourth-order valence-corrected chi connectivity index (χ4v) is 3.59. The lowest BCUT2D eigenvalue weighted by atomic mass is 10.2. The Kier molecular flexibility index (Phi) is 6.93. The quantitative estimate of drug-likeness (QED) is 0.583. The van der Waals surface area contributed by atoms with Crippen LogP contribution < -0.4 is 0 Å². The minimum absolute atomic E-state index is 0.340. The monoisotopic (exact) mass is 364 g/mol. The predicted octanol–water partition coefficient (Wildman–Crippen LogP) is 5.86.